The van der Waals surface area contributed by atoms with Gasteiger partial charge in [-0.05, 0) is 48.4 Å². The zero-order valence-electron chi connectivity index (χ0n) is 25.0. The van der Waals surface area contributed by atoms with Crippen LogP contribution in [0, 0.1) is 0 Å². The molecule has 0 saturated heterocycles. The van der Waals surface area contributed by atoms with Crippen LogP contribution in [-0.4, -0.2) is 78.6 Å². The van der Waals surface area contributed by atoms with E-state index < -0.39 is 104 Å². The minimum Gasteiger partial charge on any atom is -0.492 e. The van der Waals surface area contributed by atoms with E-state index in [1.165, 1.54) is 12.1 Å². The maximum Gasteiger partial charge on any atom is 0.363 e. The van der Waals surface area contributed by atoms with Gasteiger partial charge in [0.05, 0.1) is 22.6 Å². The van der Waals surface area contributed by atoms with Crippen molar-refractivity contribution in [2.24, 2.45) is 0 Å². The van der Waals surface area contributed by atoms with Crippen molar-refractivity contribution in [3.05, 3.63) is 71.1 Å². The van der Waals surface area contributed by atoms with E-state index in [4.69, 9.17) is 25.0 Å². The molecule has 2 heterocycles. The molecule has 3 aromatic rings. The number of aromatic carboxylic acids is 1. The average molecular weight is 754 g/mol. The fourth-order valence-electron chi connectivity index (χ4n) is 5.06. The van der Waals surface area contributed by atoms with Crippen molar-refractivity contribution in [2.45, 2.75) is 16.2 Å². The Morgan fingerprint density at radius 3 is 2.16 bits per heavy atom. The van der Waals surface area contributed by atoms with Crippen molar-refractivity contribution in [3.63, 3.8) is 0 Å². The number of rotatable bonds is 11. The van der Waals surface area contributed by atoms with Gasteiger partial charge in [-0.25, -0.2) is 22.7 Å². The number of aromatic nitrogens is 1. The Balaban J connectivity index is 1.86. The van der Waals surface area contributed by atoms with Gasteiger partial charge in [-0.1, -0.05) is 0 Å². The van der Waals surface area contributed by atoms with E-state index in [0.29, 0.717) is 4.73 Å². The first-order chi connectivity index (χ1) is 23.2. The number of carbonyl (C=O) groups excluding carboxylic acids is 1. The average Bonchev–Trinajstić information content (AvgIpc) is 3.32. The molecule has 0 amide bonds. The smallest absolute Gasteiger partial charge is 0.363 e. The fraction of sp³-hybridized carbons (Fsp3) is 0.107. The molecular weight excluding hydrogens is 729 g/mol. The van der Waals surface area contributed by atoms with Gasteiger partial charge >= 0.3 is 22.1 Å². The molecule has 0 fully saturated rings. The molecule has 5 rings (SSSR count). The summed E-state index contributed by atoms with van der Waals surface area (Å²) in [6, 6.07) is 9.51. The second-order valence-corrected chi connectivity index (χ2v) is 15.1. The van der Waals surface area contributed by atoms with Crippen LogP contribution in [-0.2, 0) is 30.3 Å². The number of nitrogens with zero attached hydrogens (tertiary/aromatic N) is 1. The number of hydrogen-bond donors (Lipinski definition) is 8. The van der Waals surface area contributed by atoms with E-state index in [1.54, 1.807) is 0 Å². The van der Waals surface area contributed by atoms with Gasteiger partial charge in [0, 0.05) is 41.3 Å². The van der Waals surface area contributed by atoms with Gasteiger partial charge < -0.3 is 30.3 Å². The van der Waals surface area contributed by atoms with Crippen LogP contribution in [0.15, 0.2) is 68.8 Å². The molecule has 22 heteroatoms. The number of anilines is 1. The second-order valence-electron chi connectivity index (χ2n) is 10.5. The highest BCUT2D eigenvalue weighted by atomic mass is 32.2. The van der Waals surface area contributed by atoms with Crippen molar-refractivity contribution in [2.75, 3.05) is 18.0 Å². The molecule has 2 aromatic carbocycles. The Morgan fingerprint density at radius 1 is 0.900 bits per heavy atom. The van der Waals surface area contributed by atoms with E-state index >= 15 is 0 Å². The van der Waals surface area contributed by atoms with Gasteiger partial charge in [0.25, 0.3) is 10.1 Å². The van der Waals surface area contributed by atoms with Gasteiger partial charge in [-0.2, -0.15) is 16.8 Å². The number of hydrogen-bond acceptors (Lipinski definition) is 13. The zero-order chi connectivity index (χ0) is 36.9. The van der Waals surface area contributed by atoms with E-state index in [1.807, 2.05) is 0 Å². The quantitative estimate of drug-likeness (QED) is 0.0362. The minimum absolute atomic E-state index is 0.218. The molecule has 0 saturated carbocycles. The van der Waals surface area contributed by atoms with Gasteiger partial charge in [-0.15, -0.1) is 4.73 Å². The molecule has 0 bridgehead atoms. The number of nitrogen functional groups attached to an aromatic ring is 1. The third-order valence-corrected chi connectivity index (χ3v) is 10.4. The Bertz CT molecular complexity index is 2570. The first-order valence-electron chi connectivity index (χ1n) is 13.7. The van der Waals surface area contributed by atoms with E-state index in [2.05, 4.69) is 4.72 Å². The summed E-state index contributed by atoms with van der Waals surface area (Å²) in [5, 5.41) is 35.1. The summed E-state index contributed by atoms with van der Waals surface area (Å²) in [6.45, 7) is -0.540. The number of benzene rings is 3. The highest BCUT2D eigenvalue weighted by molar-refractivity contribution is 7.90. The number of carboxylic acids is 1. The third kappa shape index (κ3) is 6.83. The molecule has 50 heavy (non-hydrogen) atoms. The number of nitrogens with two attached hydrogens (primary N) is 2. The van der Waals surface area contributed by atoms with Crippen LogP contribution in [0.3, 0.4) is 0 Å². The van der Waals surface area contributed by atoms with Gasteiger partial charge in [0.2, 0.25) is 32.0 Å². The molecule has 0 atom stereocenters. The second kappa shape index (κ2) is 12.7. The SMILES string of the molecule is Nc1ccc2c(-c3cc(C(=O)On4c(O)ccc4O)ccc3C(=O)O)c3ccc(=[NH2+])c(S(=O)(=O)O)c-3oc2c1S(=O)(=O)NCCCS(=O)(=O)O. The van der Waals surface area contributed by atoms with Crippen molar-refractivity contribution in [1.29, 1.82) is 0 Å². The summed E-state index contributed by atoms with van der Waals surface area (Å²) in [7, 11) is -14.5. The lowest BCUT2D eigenvalue weighted by molar-refractivity contribution is -0.176. The van der Waals surface area contributed by atoms with Crippen molar-refractivity contribution < 1.29 is 73.9 Å². The first-order valence-corrected chi connectivity index (χ1v) is 18.3. The predicted octanol–water partition coefficient (Wildman–Crippen LogP) is -0.571. The Hall–Kier alpha value is -5.52. The molecule has 0 unspecified atom stereocenters. The first kappa shape index (κ1) is 35.8. The number of carboxylic acid groups (broad SMARTS) is 1. The van der Waals surface area contributed by atoms with Crippen LogP contribution in [0.25, 0.3) is 33.4 Å². The number of carbonyl (C=O) groups is 2. The number of sulfonamides is 1. The summed E-state index contributed by atoms with van der Waals surface area (Å²) in [4.78, 5) is 28.8. The van der Waals surface area contributed by atoms with Crippen LogP contribution in [0.5, 0.6) is 11.8 Å². The molecule has 1 aliphatic heterocycles. The standard InChI is InChI=1S/C28H24N4O15S3/c29-18-6-4-15-22(17-12-13(2-3-14(17)27(35)36)28(37)47-32-20(33)8-9-21(32)34)16-5-7-19(30)26(50(43,44)45)24(16)46-23(15)25(18)49(41,42)31-10-1-11-48(38,39)40/h2-9,12,30-31,33-34H,1,10-11,29H2,(H,35,36)(H,38,39,40)(H,43,44,45)/p+1. The van der Waals surface area contributed by atoms with Crippen molar-refractivity contribution in [3.8, 4) is 34.2 Å². The Labute approximate surface area is 281 Å². The van der Waals surface area contributed by atoms with Crippen LogP contribution in [0.1, 0.15) is 27.1 Å². The molecule has 0 spiro atoms. The third-order valence-electron chi connectivity index (χ3n) is 7.15. The summed E-state index contributed by atoms with van der Waals surface area (Å²) in [5.74, 6) is -5.71. The molecule has 1 aliphatic carbocycles. The van der Waals surface area contributed by atoms with Crippen LogP contribution in [0.4, 0.5) is 5.69 Å². The fourth-order valence-corrected chi connectivity index (χ4v) is 7.65. The molecule has 19 nitrogen and oxygen atoms in total. The monoisotopic (exact) mass is 753 g/mol. The van der Waals surface area contributed by atoms with Gasteiger partial charge in [0.15, 0.2) is 11.3 Å². The Morgan fingerprint density at radius 2 is 1.56 bits per heavy atom. The zero-order valence-corrected chi connectivity index (χ0v) is 27.4. The van der Waals surface area contributed by atoms with E-state index in [0.717, 1.165) is 42.5 Å². The molecular formula is C28H25N4O15S3+. The summed E-state index contributed by atoms with van der Waals surface area (Å²) >= 11 is 0. The van der Waals surface area contributed by atoms with Gasteiger partial charge in [0.1, 0.15) is 4.90 Å². The lowest BCUT2D eigenvalue weighted by Gasteiger charge is -2.20. The number of fused-ring (bicyclic) bond motifs is 2. The Kier molecular flexibility index (Phi) is 9.12. The van der Waals surface area contributed by atoms with Crippen LogP contribution in [0.2, 0.25) is 0 Å². The van der Waals surface area contributed by atoms with E-state index in [9.17, 15) is 54.7 Å². The largest absolute Gasteiger partial charge is 0.492 e. The predicted molar refractivity (Wildman–Crippen MR) is 169 cm³/mol. The molecule has 10 N–H and O–H groups in total. The highest BCUT2D eigenvalue weighted by Gasteiger charge is 2.33. The van der Waals surface area contributed by atoms with Crippen molar-refractivity contribution >= 4 is 58.9 Å². The highest BCUT2D eigenvalue weighted by Crippen LogP contribution is 2.45. The minimum atomic E-state index is -5.24. The van der Waals surface area contributed by atoms with Crippen LogP contribution >= 0.6 is 0 Å². The van der Waals surface area contributed by atoms with E-state index in [-0.39, 0.29) is 34.1 Å². The lowest BCUT2D eigenvalue weighted by Crippen LogP contribution is -2.47. The van der Waals surface area contributed by atoms with Gasteiger partial charge in [-0.3, -0.25) is 14.5 Å². The number of nitrogens with one attached hydrogen (secondary N) is 1. The van der Waals surface area contributed by atoms with Crippen molar-refractivity contribution in [1.82, 2.24) is 9.45 Å². The normalized spacial score (nSPS) is 12.4. The topological polar surface area (TPSA) is 329 Å². The molecule has 2 aliphatic rings. The molecule has 1 aromatic heterocycles. The number of aromatic hydroxyl groups is 2. The maximum atomic E-state index is 13.6. The summed E-state index contributed by atoms with van der Waals surface area (Å²) in [6.07, 6.45) is -0.388. The molecule has 0 radical (unpaired) electrons. The summed E-state index contributed by atoms with van der Waals surface area (Å²) in [5.41, 5.74) is 3.15. The maximum absolute atomic E-state index is 13.6. The lowest BCUT2D eigenvalue weighted by atomic mass is 9.89. The van der Waals surface area contributed by atoms with Crippen LogP contribution < -0.4 is 26.1 Å². The summed E-state index contributed by atoms with van der Waals surface area (Å²) < 4.78 is 102. The molecule has 264 valence electrons.